The molecule has 1 amide bonds. The first-order valence-corrected chi connectivity index (χ1v) is 10.8. The number of hydrogen-bond acceptors (Lipinski definition) is 9. The molecule has 4 rings (SSSR count). The van der Waals surface area contributed by atoms with Crippen molar-refractivity contribution >= 4 is 22.9 Å². The molecule has 1 saturated heterocycles. The van der Waals surface area contributed by atoms with Crippen LogP contribution in [0.1, 0.15) is 51.6 Å². The second-order valence-corrected chi connectivity index (χ2v) is 8.40. The van der Waals surface area contributed by atoms with Crippen LogP contribution in [-0.4, -0.2) is 71.2 Å². The van der Waals surface area contributed by atoms with Gasteiger partial charge in [-0.25, -0.2) is 15.0 Å². The van der Waals surface area contributed by atoms with Crippen LogP contribution < -0.4 is 11.1 Å². The second kappa shape index (κ2) is 8.63. The van der Waals surface area contributed by atoms with Gasteiger partial charge in [-0.3, -0.25) is 9.36 Å². The summed E-state index contributed by atoms with van der Waals surface area (Å²) in [5, 5.41) is 34.3. The molecule has 3 heterocycles. The summed E-state index contributed by atoms with van der Waals surface area (Å²) in [6.07, 6.45) is -0.385. The Morgan fingerprint density at radius 1 is 1.38 bits per heavy atom. The van der Waals surface area contributed by atoms with E-state index in [2.05, 4.69) is 32.1 Å². The van der Waals surface area contributed by atoms with Gasteiger partial charge in [0, 0.05) is 6.54 Å². The number of aromatic nitrogens is 4. The number of fused-ring (bicyclic) bond motifs is 1. The van der Waals surface area contributed by atoms with E-state index in [1.807, 2.05) is 6.92 Å². The minimum atomic E-state index is -1.43. The molecule has 11 nitrogen and oxygen atoms in total. The Labute approximate surface area is 185 Å². The minimum absolute atomic E-state index is 0.0325. The van der Waals surface area contributed by atoms with Gasteiger partial charge in [0.15, 0.2) is 23.8 Å². The van der Waals surface area contributed by atoms with Crippen LogP contribution >= 0.6 is 0 Å². The van der Waals surface area contributed by atoms with Crippen molar-refractivity contribution in [2.45, 2.75) is 69.7 Å². The number of nitrogens with two attached hydrogens (primary N) is 1. The van der Waals surface area contributed by atoms with E-state index in [0.717, 1.165) is 19.3 Å². The summed E-state index contributed by atoms with van der Waals surface area (Å²) in [6, 6.07) is 0. The molecule has 0 spiro atoms. The fourth-order valence-corrected chi connectivity index (χ4v) is 4.24. The molecular weight excluding hydrogens is 416 g/mol. The molecule has 2 fully saturated rings. The summed E-state index contributed by atoms with van der Waals surface area (Å²) in [4.78, 5) is 24.9. The SMILES string of the molecule is CCNC(=O)[C@H]1O[C@@H](n2cnc3c(N)nc(C#CC4(O)CCCCC4C)nc32)[C@@H](O)C1O. The first kappa shape index (κ1) is 22.4. The van der Waals surface area contributed by atoms with Gasteiger partial charge in [0.25, 0.3) is 5.91 Å². The van der Waals surface area contributed by atoms with Crippen molar-refractivity contribution in [3.63, 3.8) is 0 Å². The maximum Gasteiger partial charge on any atom is 0.252 e. The topological polar surface area (TPSA) is 169 Å². The molecule has 1 saturated carbocycles. The van der Waals surface area contributed by atoms with Gasteiger partial charge in [-0.1, -0.05) is 19.3 Å². The van der Waals surface area contributed by atoms with Crippen molar-refractivity contribution in [3.05, 3.63) is 12.2 Å². The zero-order chi connectivity index (χ0) is 23.0. The third-order valence-electron chi connectivity index (χ3n) is 6.22. The van der Waals surface area contributed by atoms with Gasteiger partial charge in [0.05, 0.1) is 6.33 Å². The summed E-state index contributed by atoms with van der Waals surface area (Å²) in [5.74, 6) is 5.42. The molecule has 6 N–H and O–H groups in total. The van der Waals surface area contributed by atoms with Gasteiger partial charge in [0.1, 0.15) is 23.3 Å². The number of aliphatic hydroxyl groups excluding tert-OH is 2. The average Bonchev–Trinajstić information content (AvgIpc) is 3.31. The van der Waals surface area contributed by atoms with Crippen molar-refractivity contribution in [2.24, 2.45) is 5.92 Å². The lowest BCUT2D eigenvalue weighted by molar-refractivity contribution is -0.137. The van der Waals surface area contributed by atoms with Crippen LogP contribution in [0.25, 0.3) is 11.2 Å². The van der Waals surface area contributed by atoms with Crippen molar-refractivity contribution < 1.29 is 24.9 Å². The van der Waals surface area contributed by atoms with Crippen LogP contribution in [0.2, 0.25) is 0 Å². The van der Waals surface area contributed by atoms with E-state index in [9.17, 15) is 20.1 Å². The van der Waals surface area contributed by atoms with Crippen molar-refractivity contribution in [1.82, 2.24) is 24.8 Å². The number of nitrogens with zero attached hydrogens (tertiary/aromatic N) is 4. The number of hydrogen-bond donors (Lipinski definition) is 5. The van der Waals surface area contributed by atoms with Crippen molar-refractivity contribution in [3.8, 4) is 11.8 Å². The van der Waals surface area contributed by atoms with Crippen LogP contribution in [0.5, 0.6) is 0 Å². The maximum absolute atomic E-state index is 12.2. The van der Waals surface area contributed by atoms with Crippen molar-refractivity contribution in [2.75, 3.05) is 12.3 Å². The van der Waals surface area contributed by atoms with Crippen LogP contribution in [0, 0.1) is 17.8 Å². The maximum atomic E-state index is 12.2. The number of ether oxygens (including phenoxy) is 1. The molecule has 0 radical (unpaired) electrons. The number of nitrogens with one attached hydrogen (secondary N) is 1. The second-order valence-electron chi connectivity index (χ2n) is 8.40. The molecule has 32 heavy (non-hydrogen) atoms. The summed E-state index contributed by atoms with van der Waals surface area (Å²) in [5.41, 5.74) is 5.44. The summed E-state index contributed by atoms with van der Waals surface area (Å²) >= 11 is 0. The molecule has 3 unspecified atom stereocenters. The summed E-state index contributed by atoms with van der Waals surface area (Å²) in [6.45, 7) is 4.07. The first-order valence-electron chi connectivity index (χ1n) is 10.8. The number of amides is 1. The molecule has 1 aliphatic carbocycles. The van der Waals surface area contributed by atoms with Crippen LogP contribution in [0.3, 0.4) is 0 Å². The number of rotatable bonds is 3. The van der Waals surface area contributed by atoms with Crippen LogP contribution in [0.4, 0.5) is 5.82 Å². The Morgan fingerprint density at radius 2 is 2.16 bits per heavy atom. The highest BCUT2D eigenvalue weighted by Crippen LogP contribution is 2.34. The van der Waals surface area contributed by atoms with Gasteiger partial charge in [-0.15, -0.1) is 0 Å². The highest BCUT2D eigenvalue weighted by atomic mass is 16.6. The molecule has 6 atom stereocenters. The molecule has 2 aromatic heterocycles. The standard InChI is InChI=1S/C21H28N6O5/c1-3-23-19(30)16-14(28)15(29)20(32-16)27-10-24-13-17(22)25-12(26-18(13)27)7-9-21(31)8-5-4-6-11(21)2/h10-11,14-16,20,28-29,31H,3-6,8H2,1-2H3,(H,23,30)(H2,22,25,26)/t11?,14?,15-,16-,20+,21?/m0/s1. The smallest absolute Gasteiger partial charge is 0.252 e. The van der Waals surface area contributed by atoms with Crippen LogP contribution in [-0.2, 0) is 9.53 Å². The molecule has 2 aromatic rings. The number of nitrogen functional groups attached to an aromatic ring is 1. The molecule has 11 heteroatoms. The quantitative estimate of drug-likeness (QED) is 0.390. The molecule has 0 aromatic carbocycles. The monoisotopic (exact) mass is 444 g/mol. The first-order chi connectivity index (χ1) is 15.2. The van der Waals surface area contributed by atoms with E-state index < -0.39 is 36.0 Å². The lowest BCUT2D eigenvalue weighted by atomic mass is 9.77. The Balaban J connectivity index is 1.67. The minimum Gasteiger partial charge on any atom is -0.387 e. The van der Waals surface area contributed by atoms with E-state index >= 15 is 0 Å². The predicted molar refractivity (Wildman–Crippen MR) is 114 cm³/mol. The lowest BCUT2D eigenvalue weighted by Crippen LogP contribution is -2.42. The molecule has 0 bridgehead atoms. The van der Waals surface area contributed by atoms with Gasteiger partial charge in [-0.05, 0) is 38.0 Å². The Hall–Kier alpha value is -2.78. The third kappa shape index (κ3) is 3.91. The number of carbonyl (C=O) groups is 1. The molecular formula is C21H28N6O5. The van der Waals surface area contributed by atoms with Crippen molar-refractivity contribution in [1.29, 1.82) is 0 Å². The Bertz CT molecular complexity index is 1080. The van der Waals surface area contributed by atoms with E-state index in [-0.39, 0.29) is 28.7 Å². The Kier molecular flexibility index (Phi) is 6.05. The van der Waals surface area contributed by atoms with Gasteiger partial charge < -0.3 is 31.1 Å². The third-order valence-corrected chi connectivity index (χ3v) is 6.22. The number of carbonyl (C=O) groups excluding carboxylic acids is 1. The summed E-state index contributed by atoms with van der Waals surface area (Å²) in [7, 11) is 0. The average molecular weight is 444 g/mol. The lowest BCUT2D eigenvalue weighted by Gasteiger charge is -2.33. The largest absolute Gasteiger partial charge is 0.387 e. The zero-order valence-electron chi connectivity index (χ0n) is 18.0. The normalized spacial score (nSPS) is 32.5. The van der Waals surface area contributed by atoms with Gasteiger partial charge >= 0.3 is 0 Å². The van der Waals surface area contributed by atoms with Crippen LogP contribution in [0.15, 0.2) is 6.33 Å². The van der Waals surface area contributed by atoms with Gasteiger partial charge in [0.2, 0.25) is 5.82 Å². The predicted octanol–water partition coefficient (Wildman–Crippen LogP) is -0.543. The highest BCUT2D eigenvalue weighted by Gasteiger charge is 2.47. The number of aliphatic hydroxyl groups is 3. The molecule has 2 aliphatic rings. The molecule has 1 aliphatic heterocycles. The van der Waals surface area contributed by atoms with Gasteiger partial charge in [-0.2, -0.15) is 0 Å². The summed E-state index contributed by atoms with van der Waals surface area (Å²) < 4.78 is 7.04. The number of imidazole rings is 1. The van der Waals surface area contributed by atoms with E-state index in [1.54, 1.807) is 6.92 Å². The fourth-order valence-electron chi connectivity index (χ4n) is 4.24. The Morgan fingerprint density at radius 3 is 2.88 bits per heavy atom. The van der Waals surface area contributed by atoms with E-state index in [0.29, 0.717) is 13.0 Å². The van der Waals surface area contributed by atoms with E-state index in [1.165, 1.54) is 10.9 Å². The zero-order valence-corrected chi connectivity index (χ0v) is 18.0. The number of anilines is 1. The van der Waals surface area contributed by atoms with E-state index in [4.69, 9.17) is 10.5 Å². The number of likely N-dealkylation sites (N-methyl/N-ethyl adjacent to an activating group) is 1. The highest BCUT2D eigenvalue weighted by molar-refractivity contribution is 5.83. The fraction of sp³-hybridized carbons (Fsp3) is 0.619. The molecule has 172 valence electrons.